The second kappa shape index (κ2) is 9.69. The van der Waals surface area contributed by atoms with Crippen LogP contribution >= 0.6 is 0 Å². The normalized spacial score (nSPS) is 9.92. The van der Waals surface area contributed by atoms with E-state index in [1.165, 1.54) is 6.08 Å². The maximum atomic E-state index is 9.86. The predicted molar refractivity (Wildman–Crippen MR) is 51.6 cm³/mol. The Labute approximate surface area is 74.2 Å². The summed E-state index contributed by atoms with van der Waals surface area (Å²) < 4.78 is 4.55. The van der Waals surface area contributed by atoms with Crippen LogP contribution in [0.4, 0.5) is 0 Å². The van der Waals surface area contributed by atoms with E-state index in [2.05, 4.69) is 17.9 Å². The molecule has 0 heterocycles. The molecule has 0 atom stereocenters. The Morgan fingerprint density at radius 2 is 1.75 bits per heavy atom. The van der Waals surface area contributed by atoms with Gasteiger partial charge in [0, 0.05) is 0 Å². The fourth-order valence-electron chi connectivity index (χ4n) is 0.454. The molecule has 0 saturated heterocycles. The summed E-state index contributed by atoms with van der Waals surface area (Å²) in [5.41, 5.74) is 0.794. The molecule has 0 saturated carbocycles. The van der Waals surface area contributed by atoms with Gasteiger partial charge in [0.2, 0.25) is 0 Å². The van der Waals surface area contributed by atoms with E-state index in [1.807, 2.05) is 13.8 Å². The average Bonchev–Trinajstić information content (AvgIpc) is 2.16. The van der Waals surface area contributed by atoms with E-state index < -0.39 is 0 Å². The molecular weight excluding hydrogens is 152 g/mol. The van der Waals surface area contributed by atoms with Crippen LogP contribution in [0.5, 0.6) is 0 Å². The number of hydrogen-bond acceptors (Lipinski definition) is 2. The third-order valence-corrected chi connectivity index (χ3v) is 1.06. The van der Waals surface area contributed by atoms with E-state index in [1.54, 1.807) is 13.0 Å². The van der Waals surface area contributed by atoms with Crippen molar-refractivity contribution in [1.29, 1.82) is 0 Å². The molecule has 2 nitrogen and oxygen atoms in total. The lowest BCUT2D eigenvalue weighted by Crippen LogP contribution is -1.88. The highest BCUT2D eigenvalue weighted by Gasteiger charge is 1.93. The minimum absolute atomic E-state index is 0.365. The lowest BCUT2D eigenvalue weighted by atomic mass is 10.2. The lowest BCUT2D eigenvalue weighted by Gasteiger charge is -1.98. The largest absolute Gasteiger partial charge is 0.429 e. The number of ether oxygens (including phenoxy) is 1. The molecule has 0 N–H and O–H groups in total. The van der Waals surface area contributed by atoms with Gasteiger partial charge >= 0.3 is 0 Å². The van der Waals surface area contributed by atoms with Crippen LogP contribution in [0, 0.1) is 0 Å². The van der Waals surface area contributed by atoms with E-state index in [0.29, 0.717) is 12.2 Å². The second-order valence-electron chi connectivity index (χ2n) is 1.67. The van der Waals surface area contributed by atoms with Crippen LogP contribution in [0.15, 0.2) is 36.6 Å². The maximum absolute atomic E-state index is 9.86. The van der Waals surface area contributed by atoms with Gasteiger partial charge in [0.25, 0.3) is 6.47 Å². The summed E-state index contributed by atoms with van der Waals surface area (Å²) in [4.78, 5) is 9.86. The van der Waals surface area contributed by atoms with Crippen molar-refractivity contribution in [1.82, 2.24) is 0 Å². The molecular formula is C10H16O2. The topological polar surface area (TPSA) is 26.3 Å². The van der Waals surface area contributed by atoms with Crippen LogP contribution in [0.2, 0.25) is 0 Å². The summed E-state index contributed by atoms with van der Waals surface area (Å²) in [6.07, 6.45) is 3.06. The molecule has 0 aliphatic carbocycles. The Morgan fingerprint density at radius 1 is 1.25 bits per heavy atom. The van der Waals surface area contributed by atoms with Gasteiger partial charge in [-0.05, 0) is 18.6 Å². The molecule has 0 amide bonds. The van der Waals surface area contributed by atoms with Gasteiger partial charge in [-0.2, -0.15) is 0 Å². The number of hydrogen-bond donors (Lipinski definition) is 0. The van der Waals surface area contributed by atoms with Crippen molar-refractivity contribution in [2.75, 3.05) is 0 Å². The van der Waals surface area contributed by atoms with Gasteiger partial charge in [0.05, 0.1) is 0 Å². The van der Waals surface area contributed by atoms with Crippen LogP contribution in [-0.4, -0.2) is 6.47 Å². The van der Waals surface area contributed by atoms with Gasteiger partial charge in [-0.25, -0.2) is 0 Å². The molecule has 0 aromatic heterocycles. The summed E-state index contributed by atoms with van der Waals surface area (Å²) in [6.45, 7) is 13.1. The molecule has 0 unspecified atom stereocenters. The quantitative estimate of drug-likeness (QED) is 0.366. The van der Waals surface area contributed by atoms with E-state index in [-0.39, 0.29) is 0 Å². The smallest absolute Gasteiger partial charge is 0.298 e. The average molecular weight is 168 g/mol. The van der Waals surface area contributed by atoms with Crippen LogP contribution in [0.1, 0.15) is 20.8 Å². The van der Waals surface area contributed by atoms with E-state index in [0.717, 1.165) is 5.57 Å². The molecule has 0 rings (SSSR count). The zero-order chi connectivity index (χ0) is 9.98. The number of allylic oxidation sites excluding steroid dienone is 3. The Morgan fingerprint density at radius 3 is 2.00 bits per heavy atom. The van der Waals surface area contributed by atoms with Gasteiger partial charge in [-0.15, -0.1) is 0 Å². The number of rotatable bonds is 4. The van der Waals surface area contributed by atoms with Gasteiger partial charge in [0.1, 0.15) is 5.76 Å². The van der Waals surface area contributed by atoms with E-state index in [9.17, 15) is 4.79 Å². The van der Waals surface area contributed by atoms with Gasteiger partial charge in [-0.1, -0.05) is 33.1 Å². The van der Waals surface area contributed by atoms with Crippen molar-refractivity contribution in [2.24, 2.45) is 0 Å². The molecule has 0 aromatic rings. The summed E-state index contributed by atoms with van der Waals surface area (Å²) in [7, 11) is 0. The highest BCUT2D eigenvalue weighted by atomic mass is 16.5. The summed E-state index contributed by atoms with van der Waals surface area (Å²) in [5, 5.41) is 0. The van der Waals surface area contributed by atoms with Crippen molar-refractivity contribution in [3.63, 3.8) is 0 Å². The van der Waals surface area contributed by atoms with E-state index >= 15 is 0 Å². The van der Waals surface area contributed by atoms with Crippen LogP contribution < -0.4 is 0 Å². The second-order valence-corrected chi connectivity index (χ2v) is 1.67. The Kier molecular flexibility index (Phi) is 10.7. The summed E-state index contributed by atoms with van der Waals surface area (Å²) >= 11 is 0. The lowest BCUT2D eigenvalue weighted by molar-refractivity contribution is -0.124. The highest BCUT2D eigenvalue weighted by molar-refractivity contribution is 5.43. The predicted octanol–water partition coefficient (Wildman–Crippen LogP) is 2.83. The van der Waals surface area contributed by atoms with Crippen LogP contribution in [0.3, 0.4) is 0 Å². The zero-order valence-electron chi connectivity index (χ0n) is 7.96. The minimum atomic E-state index is 0.365. The standard InChI is InChI=1S/C8H10O2.C2H6/c1-4-7(3)8(5-2)10-6-9;1-2/h4-6H,1-2H2,3H3;1-2H3/b8-7+;. The molecule has 2 heteroatoms. The van der Waals surface area contributed by atoms with Crippen molar-refractivity contribution >= 4 is 6.47 Å². The molecule has 0 bridgehead atoms. The fourth-order valence-corrected chi connectivity index (χ4v) is 0.454. The first-order chi connectivity index (χ1) is 5.76. The van der Waals surface area contributed by atoms with Crippen molar-refractivity contribution in [3.05, 3.63) is 36.6 Å². The third-order valence-electron chi connectivity index (χ3n) is 1.06. The van der Waals surface area contributed by atoms with Crippen molar-refractivity contribution in [2.45, 2.75) is 20.8 Å². The van der Waals surface area contributed by atoms with E-state index in [4.69, 9.17) is 0 Å². The number of carbonyl (C=O) groups excluding carboxylic acids is 1. The molecule has 0 spiro atoms. The van der Waals surface area contributed by atoms with Crippen LogP contribution in [0.25, 0.3) is 0 Å². The van der Waals surface area contributed by atoms with Gasteiger partial charge in [-0.3, -0.25) is 4.79 Å². The summed E-state index contributed by atoms with van der Waals surface area (Å²) in [5.74, 6) is 0.449. The molecule has 68 valence electrons. The van der Waals surface area contributed by atoms with Crippen molar-refractivity contribution in [3.8, 4) is 0 Å². The number of carbonyl (C=O) groups is 1. The first-order valence-corrected chi connectivity index (χ1v) is 3.82. The van der Waals surface area contributed by atoms with Gasteiger partial charge < -0.3 is 4.74 Å². The SMILES string of the molecule is C=C/C(C)=C(\C=C)OC=O.CC. The Bertz CT molecular complexity index is 178. The monoisotopic (exact) mass is 168 g/mol. The molecule has 0 aromatic carbocycles. The Hall–Kier alpha value is -1.31. The maximum Gasteiger partial charge on any atom is 0.298 e. The first-order valence-electron chi connectivity index (χ1n) is 3.82. The van der Waals surface area contributed by atoms with Crippen LogP contribution in [-0.2, 0) is 9.53 Å². The van der Waals surface area contributed by atoms with Gasteiger partial charge in [0.15, 0.2) is 0 Å². The third kappa shape index (κ3) is 5.47. The molecule has 0 radical (unpaired) electrons. The molecule has 0 aliphatic heterocycles. The molecule has 0 aliphatic rings. The summed E-state index contributed by atoms with van der Waals surface area (Å²) in [6, 6.07) is 0. The molecule has 12 heavy (non-hydrogen) atoms. The molecule has 0 fully saturated rings. The van der Waals surface area contributed by atoms with Crippen molar-refractivity contribution < 1.29 is 9.53 Å². The first kappa shape index (κ1) is 13.3. The minimum Gasteiger partial charge on any atom is -0.429 e. The zero-order valence-corrected chi connectivity index (χ0v) is 7.96. The Balaban J connectivity index is 0. The fraction of sp³-hybridized carbons (Fsp3) is 0.300. The highest BCUT2D eigenvalue weighted by Crippen LogP contribution is 2.05.